The maximum absolute atomic E-state index is 14.1. The predicted octanol–water partition coefficient (Wildman–Crippen LogP) is 4.31. The second kappa shape index (κ2) is 10.2. The highest BCUT2D eigenvalue weighted by atomic mass is 19.1. The van der Waals surface area contributed by atoms with Crippen LogP contribution in [0.4, 0.5) is 8.78 Å². The van der Waals surface area contributed by atoms with Crippen molar-refractivity contribution in [3.63, 3.8) is 0 Å². The molecule has 4 aromatic rings. The lowest BCUT2D eigenvalue weighted by Gasteiger charge is -2.43. The Kier molecular flexibility index (Phi) is 6.96. The Bertz CT molecular complexity index is 1490. The highest BCUT2D eigenvalue weighted by molar-refractivity contribution is 5.95. The van der Waals surface area contributed by atoms with Crippen LogP contribution in [0.25, 0.3) is 5.65 Å². The van der Waals surface area contributed by atoms with E-state index in [9.17, 15) is 13.6 Å². The second-order valence-electron chi connectivity index (χ2n) is 9.70. The van der Waals surface area contributed by atoms with Crippen molar-refractivity contribution >= 4 is 11.6 Å². The Morgan fingerprint density at radius 2 is 1.82 bits per heavy atom. The number of hydrogen-bond acceptors (Lipinski definition) is 7. The van der Waals surface area contributed by atoms with Crippen LogP contribution in [0, 0.1) is 18.6 Å². The molecule has 5 rings (SSSR count). The molecule has 0 aliphatic carbocycles. The highest BCUT2D eigenvalue weighted by Gasteiger charge is 2.43. The minimum atomic E-state index is -1.04. The van der Waals surface area contributed by atoms with Crippen LogP contribution < -0.4 is 14.8 Å². The monoisotopic (exact) mass is 538 g/mol. The van der Waals surface area contributed by atoms with Crippen molar-refractivity contribution < 1.29 is 32.5 Å². The van der Waals surface area contributed by atoms with Crippen LogP contribution in [0.5, 0.6) is 11.6 Å². The number of aromatic nitrogens is 3. The summed E-state index contributed by atoms with van der Waals surface area (Å²) in [5.74, 6) is -1.97. The SMILES string of the molecule is COc1ccc(C2(NC(=O)c3c(C)nc4c(OCc5c(F)cccc5F)cccn34)COC(C)(C)OC2)cn1. The fourth-order valence-corrected chi connectivity index (χ4v) is 4.41. The molecule has 3 aromatic heterocycles. The van der Waals surface area contributed by atoms with E-state index < -0.39 is 28.9 Å². The van der Waals surface area contributed by atoms with E-state index in [4.69, 9.17) is 18.9 Å². The van der Waals surface area contributed by atoms with Crippen LogP contribution in [0.2, 0.25) is 0 Å². The van der Waals surface area contributed by atoms with Gasteiger partial charge in [-0.25, -0.2) is 18.7 Å². The van der Waals surface area contributed by atoms with Crippen molar-refractivity contribution in [1.82, 2.24) is 19.7 Å². The molecular formula is C28H28F2N4O5. The molecule has 1 fully saturated rings. The number of pyridine rings is 2. The van der Waals surface area contributed by atoms with Crippen LogP contribution in [0.3, 0.4) is 0 Å². The number of benzene rings is 1. The first-order valence-corrected chi connectivity index (χ1v) is 12.3. The molecule has 9 nitrogen and oxygen atoms in total. The van der Waals surface area contributed by atoms with E-state index >= 15 is 0 Å². The van der Waals surface area contributed by atoms with Crippen molar-refractivity contribution in [2.45, 2.75) is 38.7 Å². The zero-order valence-corrected chi connectivity index (χ0v) is 22.0. The zero-order chi connectivity index (χ0) is 27.8. The first-order valence-electron chi connectivity index (χ1n) is 12.3. The molecule has 0 atom stereocenters. The number of rotatable bonds is 7. The number of halogens is 2. The van der Waals surface area contributed by atoms with E-state index in [1.807, 2.05) is 0 Å². The number of fused-ring (bicyclic) bond motifs is 1. The number of aryl methyl sites for hydroxylation is 1. The molecule has 39 heavy (non-hydrogen) atoms. The molecule has 11 heteroatoms. The van der Waals surface area contributed by atoms with E-state index in [-0.39, 0.29) is 36.8 Å². The number of ether oxygens (including phenoxy) is 4. The summed E-state index contributed by atoms with van der Waals surface area (Å²) >= 11 is 0. The van der Waals surface area contributed by atoms with Crippen LogP contribution >= 0.6 is 0 Å². The van der Waals surface area contributed by atoms with Crippen LogP contribution in [0.1, 0.15) is 41.2 Å². The summed E-state index contributed by atoms with van der Waals surface area (Å²) in [7, 11) is 1.52. The van der Waals surface area contributed by atoms with Crippen LogP contribution in [0.15, 0.2) is 54.9 Å². The summed E-state index contributed by atoms with van der Waals surface area (Å²) < 4.78 is 52.6. The largest absolute Gasteiger partial charge is 0.485 e. The highest BCUT2D eigenvalue weighted by Crippen LogP contribution is 2.33. The molecule has 0 spiro atoms. The molecule has 1 aromatic carbocycles. The van der Waals surface area contributed by atoms with Gasteiger partial charge in [-0.3, -0.25) is 9.20 Å². The minimum absolute atomic E-state index is 0.137. The van der Waals surface area contributed by atoms with E-state index in [1.54, 1.807) is 61.8 Å². The smallest absolute Gasteiger partial charge is 0.271 e. The van der Waals surface area contributed by atoms with Crippen molar-refractivity contribution in [3.8, 4) is 11.6 Å². The third kappa shape index (κ3) is 5.15. The third-order valence-corrected chi connectivity index (χ3v) is 6.62. The number of carbonyl (C=O) groups excluding carboxylic acids is 1. The molecule has 204 valence electrons. The first-order chi connectivity index (χ1) is 18.6. The summed E-state index contributed by atoms with van der Waals surface area (Å²) in [6.45, 7) is 5.23. The van der Waals surface area contributed by atoms with Crippen molar-refractivity contribution in [3.05, 3.63) is 89.0 Å². The Balaban J connectivity index is 1.46. The number of carbonyl (C=O) groups is 1. The Labute approximate surface area is 223 Å². The molecule has 0 unspecified atom stereocenters. The van der Waals surface area contributed by atoms with Crippen molar-refractivity contribution in [1.29, 1.82) is 0 Å². The van der Waals surface area contributed by atoms with Gasteiger partial charge in [0.25, 0.3) is 5.91 Å². The molecule has 0 saturated carbocycles. The number of methoxy groups -OCH3 is 1. The van der Waals surface area contributed by atoms with Crippen LogP contribution in [-0.4, -0.2) is 46.4 Å². The van der Waals surface area contributed by atoms with E-state index in [0.717, 1.165) is 0 Å². The summed E-state index contributed by atoms with van der Waals surface area (Å²) in [5, 5.41) is 3.08. The van der Waals surface area contributed by atoms with Gasteiger partial charge in [0.1, 0.15) is 29.5 Å². The quantitative estimate of drug-likeness (QED) is 0.375. The average molecular weight is 539 g/mol. The van der Waals surface area contributed by atoms with E-state index in [1.165, 1.54) is 25.3 Å². The standard InChI is InChI=1S/C28H28F2N4O5/c1-17-24(34-12-6-9-22(25(34)32-17)37-14-19-20(29)7-5-8-21(19)30)26(35)33-28(15-38-27(2,3)39-16-28)18-10-11-23(36-4)31-13-18/h5-13H,14-16H2,1-4H3,(H,33,35). The van der Waals surface area contributed by atoms with Gasteiger partial charge in [0.05, 0.1) is 31.6 Å². The fraction of sp³-hybridized carbons (Fsp3) is 0.321. The molecule has 1 aliphatic rings. The Morgan fingerprint density at radius 1 is 1.10 bits per heavy atom. The molecule has 1 amide bonds. The lowest BCUT2D eigenvalue weighted by Crippen LogP contribution is -2.58. The van der Waals surface area contributed by atoms with Gasteiger partial charge in [-0.05, 0) is 51.1 Å². The maximum atomic E-state index is 14.1. The van der Waals surface area contributed by atoms with Crippen molar-refractivity contribution in [2.75, 3.05) is 20.3 Å². The molecular weight excluding hydrogens is 510 g/mol. The van der Waals surface area contributed by atoms with E-state index in [2.05, 4.69) is 15.3 Å². The first kappa shape index (κ1) is 26.5. The van der Waals surface area contributed by atoms with Gasteiger partial charge in [0.15, 0.2) is 17.2 Å². The van der Waals surface area contributed by atoms with Gasteiger partial charge in [0.2, 0.25) is 5.88 Å². The molecule has 1 aliphatic heterocycles. The Hall–Kier alpha value is -4.09. The number of amides is 1. The normalized spacial score (nSPS) is 16.2. The Morgan fingerprint density at radius 3 is 2.46 bits per heavy atom. The predicted molar refractivity (Wildman–Crippen MR) is 137 cm³/mol. The molecule has 1 N–H and O–H groups in total. The lowest BCUT2D eigenvalue weighted by molar-refractivity contribution is -0.272. The van der Waals surface area contributed by atoms with Gasteiger partial charge >= 0.3 is 0 Å². The van der Waals surface area contributed by atoms with Gasteiger partial charge in [0, 0.05) is 24.0 Å². The van der Waals surface area contributed by atoms with Crippen molar-refractivity contribution in [2.24, 2.45) is 0 Å². The lowest BCUT2D eigenvalue weighted by atomic mass is 9.91. The molecule has 4 heterocycles. The summed E-state index contributed by atoms with van der Waals surface area (Å²) in [6, 6.07) is 10.4. The van der Waals surface area contributed by atoms with E-state index in [0.29, 0.717) is 22.8 Å². The number of hydrogen-bond donors (Lipinski definition) is 1. The maximum Gasteiger partial charge on any atom is 0.271 e. The zero-order valence-electron chi connectivity index (χ0n) is 22.0. The molecule has 0 bridgehead atoms. The summed E-state index contributed by atoms with van der Waals surface area (Å²) in [5.41, 5.74) is 0.457. The summed E-state index contributed by atoms with van der Waals surface area (Å²) in [4.78, 5) is 22.6. The molecule has 0 radical (unpaired) electrons. The number of imidazole rings is 1. The van der Waals surface area contributed by atoms with Gasteiger partial charge < -0.3 is 24.3 Å². The summed E-state index contributed by atoms with van der Waals surface area (Å²) in [6.07, 6.45) is 3.28. The third-order valence-electron chi connectivity index (χ3n) is 6.62. The average Bonchev–Trinajstić information content (AvgIpc) is 3.26. The minimum Gasteiger partial charge on any atom is -0.485 e. The number of nitrogens with one attached hydrogen (secondary N) is 1. The molecule has 1 saturated heterocycles. The number of nitrogens with zero attached hydrogens (tertiary/aromatic N) is 3. The van der Waals surface area contributed by atoms with Gasteiger partial charge in [-0.2, -0.15) is 0 Å². The van der Waals surface area contributed by atoms with Gasteiger partial charge in [-0.15, -0.1) is 0 Å². The van der Waals surface area contributed by atoms with Gasteiger partial charge in [-0.1, -0.05) is 6.07 Å². The van der Waals surface area contributed by atoms with Crippen LogP contribution in [-0.2, 0) is 21.6 Å². The second-order valence-corrected chi connectivity index (χ2v) is 9.70. The fourth-order valence-electron chi connectivity index (χ4n) is 4.41. The topological polar surface area (TPSA) is 96.2 Å².